The van der Waals surface area contributed by atoms with Gasteiger partial charge >= 0.3 is 0 Å². The molecule has 6 heteroatoms. The summed E-state index contributed by atoms with van der Waals surface area (Å²) in [5.74, 6) is 0.484. The van der Waals surface area contributed by atoms with Crippen LogP contribution in [0.25, 0.3) is 0 Å². The second-order valence-corrected chi connectivity index (χ2v) is 7.27. The number of para-hydroxylation sites is 2. The number of likely N-dealkylation sites (N-methyl/N-ethyl adjacent to an activating group) is 1. The molecule has 3 atom stereocenters. The van der Waals surface area contributed by atoms with Gasteiger partial charge in [0.2, 0.25) is 5.91 Å². The summed E-state index contributed by atoms with van der Waals surface area (Å²) in [5, 5.41) is 7.20. The summed E-state index contributed by atoms with van der Waals surface area (Å²) in [6.45, 7) is 0. The van der Waals surface area contributed by atoms with Gasteiger partial charge in [-0.3, -0.25) is 4.79 Å². The fourth-order valence-electron chi connectivity index (χ4n) is 4.99. The number of benzene rings is 2. The van der Waals surface area contributed by atoms with E-state index < -0.39 is 0 Å². The molecule has 4 aliphatic rings. The Labute approximate surface area is 170 Å². The van der Waals surface area contributed by atoms with Gasteiger partial charge in [-0.2, -0.15) is 0 Å². The average molecular weight is 449 g/mol. The molecule has 2 aromatic rings. The third-order valence-electron chi connectivity index (χ3n) is 6.08. The van der Waals surface area contributed by atoms with Crippen molar-refractivity contribution in [3.05, 3.63) is 76.7 Å². The Kier molecular flexibility index (Phi) is 3.37. The molecule has 0 radical (unpaired) electrons. The summed E-state index contributed by atoms with van der Waals surface area (Å²) in [6, 6.07) is 16.1. The quantitative estimate of drug-likeness (QED) is 0.369. The van der Waals surface area contributed by atoms with E-state index >= 15 is 0 Å². The molecule has 0 fully saturated rings. The van der Waals surface area contributed by atoms with Crippen LogP contribution in [-0.2, 0) is 30.0 Å². The molecule has 2 aromatic carbocycles. The molecule has 3 aliphatic heterocycles. The standard InChI is InChI=1S/C21H16N3O2.Pd/c1-24-20(25)16-14-10-6-2-4-8-12(10)22-18(14)19-15(17(16)21(24)26)11-7-3-5-9-13(11)23-19;/h2-9,14,18-19,22-23H,1H3;/q-1;. The van der Waals surface area contributed by atoms with Crippen molar-refractivity contribution in [3.8, 4) is 0 Å². The van der Waals surface area contributed by atoms with Crippen LogP contribution in [0.2, 0.25) is 0 Å². The Hall–Kier alpha value is -2.55. The summed E-state index contributed by atoms with van der Waals surface area (Å²) in [4.78, 5) is 27.2. The molecule has 2 amide bonds. The van der Waals surface area contributed by atoms with Gasteiger partial charge < -0.3 is 20.3 Å². The van der Waals surface area contributed by atoms with Gasteiger partial charge in [-0.25, -0.2) is 0 Å². The number of fused-ring (bicyclic) bond motifs is 9. The molecule has 1 aliphatic carbocycles. The summed E-state index contributed by atoms with van der Waals surface area (Å²) in [6.07, 6.45) is 0. The van der Waals surface area contributed by atoms with E-state index in [-0.39, 0.29) is 50.2 Å². The van der Waals surface area contributed by atoms with Crippen molar-refractivity contribution in [2.24, 2.45) is 0 Å². The van der Waals surface area contributed by atoms with Crippen LogP contribution in [0.15, 0.2) is 59.7 Å². The molecule has 0 bridgehead atoms. The topological polar surface area (TPSA) is 61.4 Å². The zero-order valence-electron chi connectivity index (χ0n) is 14.4. The number of hydrogen-bond donors (Lipinski definition) is 2. The molecule has 3 unspecified atom stereocenters. The first kappa shape index (κ1) is 16.6. The van der Waals surface area contributed by atoms with Crippen molar-refractivity contribution in [1.29, 1.82) is 0 Å². The molecule has 6 rings (SSSR count). The number of amides is 2. The Morgan fingerprint density at radius 1 is 0.926 bits per heavy atom. The van der Waals surface area contributed by atoms with E-state index in [0.29, 0.717) is 11.1 Å². The molecular weight excluding hydrogens is 433 g/mol. The summed E-state index contributed by atoms with van der Waals surface area (Å²) < 4.78 is 0. The van der Waals surface area contributed by atoms with E-state index in [1.165, 1.54) is 4.90 Å². The molecule has 0 saturated heterocycles. The van der Waals surface area contributed by atoms with Gasteiger partial charge in [-0.15, -0.1) is 6.07 Å². The summed E-state index contributed by atoms with van der Waals surface area (Å²) >= 11 is 0. The molecule has 0 saturated carbocycles. The summed E-state index contributed by atoms with van der Waals surface area (Å²) in [5.41, 5.74) is 5.43. The average Bonchev–Trinajstić information content (AvgIpc) is 3.29. The predicted octanol–water partition coefficient (Wildman–Crippen LogP) is 2.29. The Bertz CT molecular complexity index is 966. The zero-order valence-corrected chi connectivity index (χ0v) is 16.0. The van der Waals surface area contributed by atoms with Gasteiger partial charge in [0.25, 0.3) is 0 Å². The fourth-order valence-corrected chi connectivity index (χ4v) is 4.99. The SMILES string of the molecule is CN1C(=O)C2=C(C1=O)C1c3ccccc3NC1C1Nc3ccccc3[C-]21.[Pd]. The molecule has 3 heterocycles. The minimum absolute atomic E-state index is 0. The van der Waals surface area contributed by atoms with Crippen LogP contribution < -0.4 is 10.6 Å². The molecular formula is C21H16N3O2Pd-. The van der Waals surface area contributed by atoms with E-state index in [9.17, 15) is 9.59 Å². The Morgan fingerprint density at radius 2 is 1.63 bits per heavy atom. The van der Waals surface area contributed by atoms with Crippen LogP contribution in [0.4, 0.5) is 11.4 Å². The number of rotatable bonds is 0. The smallest absolute Gasteiger partial charge is 0.217 e. The van der Waals surface area contributed by atoms with Crippen molar-refractivity contribution in [3.63, 3.8) is 0 Å². The predicted molar refractivity (Wildman–Crippen MR) is 97.6 cm³/mol. The van der Waals surface area contributed by atoms with Gasteiger partial charge in [0.1, 0.15) is 0 Å². The number of hydrogen-bond acceptors (Lipinski definition) is 4. The van der Waals surface area contributed by atoms with Gasteiger partial charge in [0, 0.05) is 51.2 Å². The van der Waals surface area contributed by atoms with Crippen LogP contribution in [0.1, 0.15) is 17.0 Å². The van der Waals surface area contributed by atoms with Gasteiger partial charge in [0.05, 0.1) is 0 Å². The normalized spacial score (nSPS) is 26.5. The van der Waals surface area contributed by atoms with Gasteiger partial charge in [-0.1, -0.05) is 47.9 Å². The molecule has 138 valence electrons. The Morgan fingerprint density at radius 3 is 2.44 bits per heavy atom. The second kappa shape index (κ2) is 5.48. The van der Waals surface area contributed by atoms with Crippen LogP contribution >= 0.6 is 0 Å². The molecule has 27 heavy (non-hydrogen) atoms. The first-order chi connectivity index (χ1) is 12.7. The van der Waals surface area contributed by atoms with Crippen molar-refractivity contribution in [2.75, 3.05) is 17.7 Å². The number of nitrogens with zero attached hydrogens (tertiary/aromatic N) is 1. The second-order valence-electron chi connectivity index (χ2n) is 7.27. The van der Waals surface area contributed by atoms with Crippen molar-refractivity contribution in [2.45, 2.75) is 18.0 Å². The van der Waals surface area contributed by atoms with Crippen LogP contribution in [0.5, 0.6) is 0 Å². The van der Waals surface area contributed by atoms with E-state index in [4.69, 9.17) is 0 Å². The first-order valence-corrected chi connectivity index (χ1v) is 8.82. The molecule has 0 aromatic heterocycles. The van der Waals surface area contributed by atoms with Crippen LogP contribution in [-0.4, -0.2) is 35.8 Å². The van der Waals surface area contributed by atoms with Gasteiger partial charge in [0.15, 0.2) is 5.91 Å². The third kappa shape index (κ3) is 1.90. The van der Waals surface area contributed by atoms with Crippen molar-refractivity contribution >= 4 is 23.2 Å². The third-order valence-corrected chi connectivity index (χ3v) is 6.08. The molecule has 2 N–H and O–H groups in total. The van der Waals surface area contributed by atoms with E-state index in [0.717, 1.165) is 28.4 Å². The largest absolute Gasteiger partial charge is 0.413 e. The van der Waals surface area contributed by atoms with E-state index in [1.54, 1.807) is 7.05 Å². The van der Waals surface area contributed by atoms with Gasteiger partial charge in [-0.05, 0) is 28.5 Å². The van der Waals surface area contributed by atoms with Crippen LogP contribution in [0, 0.1) is 5.92 Å². The van der Waals surface area contributed by atoms with Crippen LogP contribution in [0.3, 0.4) is 0 Å². The number of anilines is 2. The number of imide groups is 1. The number of nitrogens with one attached hydrogen (secondary N) is 2. The summed E-state index contributed by atoms with van der Waals surface area (Å²) in [7, 11) is 1.58. The number of carbonyl (C=O) groups excluding carboxylic acids is 2. The van der Waals surface area contributed by atoms with Crippen molar-refractivity contribution < 1.29 is 30.0 Å². The van der Waals surface area contributed by atoms with E-state index in [1.807, 2.05) is 42.5 Å². The molecule has 0 spiro atoms. The maximum absolute atomic E-state index is 13.0. The number of carbonyl (C=O) groups is 2. The molecule has 5 nitrogen and oxygen atoms in total. The maximum atomic E-state index is 13.0. The minimum atomic E-state index is -0.189. The monoisotopic (exact) mass is 448 g/mol. The maximum Gasteiger partial charge on any atom is 0.217 e. The van der Waals surface area contributed by atoms with Crippen molar-refractivity contribution in [1.82, 2.24) is 4.90 Å². The van der Waals surface area contributed by atoms with E-state index in [2.05, 4.69) is 16.7 Å². The minimum Gasteiger partial charge on any atom is -0.413 e. The first-order valence-electron chi connectivity index (χ1n) is 8.82. The Balaban J connectivity index is 0.00000160. The zero-order chi connectivity index (χ0) is 17.6. The fraction of sp³-hybridized carbons (Fsp3) is 0.190.